The second-order valence-electron chi connectivity index (χ2n) is 7.94. The summed E-state index contributed by atoms with van der Waals surface area (Å²) in [5.41, 5.74) is 3.56. The van der Waals surface area contributed by atoms with Crippen molar-refractivity contribution in [2.24, 2.45) is 0 Å². The zero-order valence-corrected chi connectivity index (χ0v) is 18.6. The Morgan fingerprint density at radius 1 is 1.16 bits per heavy atom. The highest BCUT2D eigenvalue weighted by Crippen LogP contribution is 2.37. The maximum atomic E-state index is 5.67. The SMILES string of the molecule is COc1cc(N2CCOCC2)ccc1Nc1nc(SC2CCCCC2)c2[nH]cnc2n1. The van der Waals surface area contributed by atoms with Gasteiger partial charge in [0.05, 0.1) is 32.3 Å². The minimum absolute atomic E-state index is 0.537. The van der Waals surface area contributed by atoms with Crippen molar-refractivity contribution in [2.45, 2.75) is 42.4 Å². The number of anilines is 3. The van der Waals surface area contributed by atoms with Crippen LogP contribution in [0.15, 0.2) is 29.6 Å². The lowest BCUT2D eigenvalue weighted by atomic mass is 10.0. The van der Waals surface area contributed by atoms with Crippen LogP contribution >= 0.6 is 11.8 Å². The molecule has 1 aliphatic heterocycles. The lowest BCUT2D eigenvalue weighted by Gasteiger charge is -2.29. The normalized spacial score (nSPS) is 17.8. The van der Waals surface area contributed by atoms with Crippen LogP contribution in [-0.2, 0) is 4.74 Å². The van der Waals surface area contributed by atoms with Gasteiger partial charge in [-0.25, -0.2) is 9.97 Å². The van der Waals surface area contributed by atoms with E-state index in [4.69, 9.17) is 14.5 Å². The Balaban J connectivity index is 1.40. The molecule has 5 rings (SSSR count). The van der Waals surface area contributed by atoms with Crippen LogP contribution in [0.1, 0.15) is 32.1 Å². The first-order valence-electron chi connectivity index (χ1n) is 11.0. The Labute approximate surface area is 186 Å². The number of imidazole rings is 1. The maximum Gasteiger partial charge on any atom is 0.230 e. The van der Waals surface area contributed by atoms with E-state index in [0.29, 0.717) is 16.8 Å². The van der Waals surface area contributed by atoms with Crippen molar-refractivity contribution in [1.29, 1.82) is 0 Å². The maximum absolute atomic E-state index is 5.67. The molecule has 1 aliphatic carbocycles. The molecule has 0 spiro atoms. The number of nitrogens with one attached hydrogen (secondary N) is 2. The lowest BCUT2D eigenvalue weighted by molar-refractivity contribution is 0.122. The van der Waals surface area contributed by atoms with Crippen molar-refractivity contribution >= 4 is 40.2 Å². The first kappa shape index (κ1) is 20.4. The fourth-order valence-electron chi connectivity index (χ4n) is 4.21. The van der Waals surface area contributed by atoms with E-state index >= 15 is 0 Å². The first-order chi connectivity index (χ1) is 15.3. The lowest BCUT2D eigenvalue weighted by Crippen LogP contribution is -2.36. The van der Waals surface area contributed by atoms with Gasteiger partial charge in [-0.1, -0.05) is 19.3 Å². The first-order valence-corrected chi connectivity index (χ1v) is 11.8. The standard InChI is InChI=1S/C22H28N6O2S/c1-29-18-13-15(28-9-11-30-12-10-28)7-8-17(18)25-22-26-20-19(23-14-24-20)21(27-22)31-16-5-3-2-4-6-16/h7-8,13-14,16H,2-6,9-12H2,1H3,(H2,23,24,25,26,27). The van der Waals surface area contributed by atoms with E-state index in [2.05, 4.69) is 37.3 Å². The van der Waals surface area contributed by atoms with Crippen LogP contribution in [0.25, 0.3) is 11.2 Å². The van der Waals surface area contributed by atoms with Crippen LogP contribution in [-0.4, -0.2) is 58.6 Å². The van der Waals surface area contributed by atoms with Crippen molar-refractivity contribution in [3.63, 3.8) is 0 Å². The Bertz CT molecular complexity index is 1030. The average Bonchev–Trinajstić information content (AvgIpc) is 3.30. The van der Waals surface area contributed by atoms with Crippen LogP contribution in [0.4, 0.5) is 17.3 Å². The van der Waals surface area contributed by atoms with Crippen molar-refractivity contribution in [3.05, 3.63) is 24.5 Å². The van der Waals surface area contributed by atoms with Gasteiger partial charge in [0.2, 0.25) is 5.95 Å². The third-order valence-electron chi connectivity index (χ3n) is 5.89. The van der Waals surface area contributed by atoms with Crippen LogP contribution in [0.3, 0.4) is 0 Å². The smallest absolute Gasteiger partial charge is 0.230 e. The van der Waals surface area contributed by atoms with E-state index in [0.717, 1.165) is 54.0 Å². The van der Waals surface area contributed by atoms with E-state index in [1.807, 2.05) is 17.8 Å². The predicted octanol–water partition coefficient (Wildman–Crippen LogP) is 4.37. The molecule has 8 nitrogen and oxygen atoms in total. The molecule has 0 amide bonds. The van der Waals surface area contributed by atoms with Crippen molar-refractivity contribution in [3.8, 4) is 5.75 Å². The monoisotopic (exact) mass is 440 g/mol. The van der Waals surface area contributed by atoms with Crippen molar-refractivity contribution in [1.82, 2.24) is 19.9 Å². The van der Waals surface area contributed by atoms with Crippen molar-refractivity contribution in [2.75, 3.05) is 43.6 Å². The molecule has 0 unspecified atom stereocenters. The molecule has 0 atom stereocenters. The Morgan fingerprint density at radius 3 is 2.81 bits per heavy atom. The fraction of sp³-hybridized carbons (Fsp3) is 0.500. The number of H-pyrrole nitrogens is 1. The van der Waals surface area contributed by atoms with Gasteiger partial charge < -0.3 is 24.7 Å². The van der Waals surface area contributed by atoms with Gasteiger partial charge >= 0.3 is 0 Å². The second-order valence-corrected chi connectivity index (χ2v) is 9.23. The van der Waals surface area contributed by atoms with E-state index in [-0.39, 0.29) is 0 Å². The van der Waals surface area contributed by atoms with Crippen LogP contribution < -0.4 is 15.0 Å². The van der Waals surface area contributed by atoms with Gasteiger partial charge in [0.25, 0.3) is 0 Å². The third-order valence-corrected chi connectivity index (χ3v) is 7.21. The number of ether oxygens (including phenoxy) is 2. The molecule has 1 saturated carbocycles. The summed E-state index contributed by atoms with van der Waals surface area (Å²) in [4.78, 5) is 19.3. The van der Waals surface area contributed by atoms with Gasteiger partial charge in [-0.2, -0.15) is 4.98 Å². The van der Waals surface area contributed by atoms with Crippen LogP contribution in [0.5, 0.6) is 5.75 Å². The molecule has 2 aliphatic rings. The molecule has 0 bridgehead atoms. The molecule has 3 aromatic rings. The van der Waals surface area contributed by atoms with E-state index in [1.165, 1.54) is 32.1 Å². The summed E-state index contributed by atoms with van der Waals surface area (Å²) >= 11 is 1.84. The number of morpholine rings is 1. The summed E-state index contributed by atoms with van der Waals surface area (Å²) in [5, 5.41) is 4.92. The molecule has 0 radical (unpaired) electrons. The third kappa shape index (κ3) is 4.57. The minimum Gasteiger partial charge on any atom is -0.494 e. The number of nitrogens with zero attached hydrogens (tertiary/aromatic N) is 4. The highest BCUT2D eigenvalue weighted by atomic mass is 32.2. The number of rotatable bonds is 6. The second kappa shape index (κ2) is 9.32. The number of benzene rings is 1. The summed E-state index contributed by atoms with van der Waals surface area (Å²) in [6, 6.07) is 6.18. The molecule has 3 heterocycles. The number of aromatic amines is 1. The molecule has 9 heteroatoms. The highest BCUT2D eigenvalue weighted by Gasteiger charge is 2.20. The number of methoxy groups -OCH3 is 1. The fourth-order valence-corrected chi connectivity index (χ4v) is 5.50. The molecule has 164 valence electrons. The summed E-state index contributed by atoms with van der Waals surface area (Å²) in [7, 11) is 1.69. The van der Waals surface area contributed by atoms with E-state index in [9.17, 15) is 0 Å². The van der Waals surface area contributed by atoms with Gasteiger partial charge in [0.1, 0.15) is 16.3 Å². The number of aromatic nitrogens is 4. The summed E-state index contributed by atoms with van der Waals surface area (Å²) < 4.78 is 11.1. The quantitative estimate of drug-likeness (QED) is 0.547. The van der Waals surface area contributed by atoms with E-state index < -0.39 is 0 Å². The number of fused-ring (bicyclic) bond motifs is 1. The summed E-state index contributed by atoms with van der Waals surface area (Å²) in [6.45, 7) is 3.27. The van der Waals surface area contributed by atoms with Gasteiger partial charge in [-0.05, 0) is 25.0 Å². The molecule has 31 heavy (non-hydrogen) atoms. The van der Waals surface area contributed by atoms with Gasteiger partial charge in [0.15, 0.2) is 5.65 Å². The predicted molar refractivity (Wildman–Crippen MR) is 124 cm³/mol. The van der Waals surface area contributed by atoms with Gasteiger partial charge in [-0.3, -0.25) is 0 Å². The largest absolute Gasteiger partial charge is 0.494 e. The van der Waals surface area contributed by atoms with Crippen LogP contribution in [0, 0.1) is 0 Å². The molecule has 1 aromatic carbocycles. The Morgan fingerprint density at radius 2 is 2.00 bits per heavy atom. The van der Waals surface area contributed by atoms with Gasteiger partial charge in [-0.15, -0.1) is 11.8 Å². The highest BCUT2D eigenvalue weighted by molar-refractivity contribution is 8.00. The topological polar surface area (TPSA) is 88.2 Å². The zero-order valence-electron chi connectivity index (χ0n) is 17.8. The van der Waals surface area contributed by atoms with Gasteiger partial charge in [0, 0.05) is 30.1 Å². The van der Waals surface area contributed by atoms with Crippen molar-refractivity contribution < 1.29 is 9.47 Å². The number of hydrogen-bond donors (Lipinski definition) is 2. The minimum atomic E-state index is 0.537. The molecule has 2 aromatic heterocycles. The molecule has 1 saturated heterocycles. The van der Waals surface area contributed by atoms with Crippen LogP contribution in [0.2, 0.25) is 0 Å². The Hall–Kier alpha value is -2.52. The number of hydrogen-bond acceptors (Lipinski definition) is 8. The summed E-state index contributed by atoms with van der Waals surface area (Å²) in [6.07, 6.45) is 8.10. The Kier molecular flexibility index (Phi) is 6.13. The zero-order chi connectivity index (χ0) is 21.0. The molecular formula is C22H28N6O2S. The molecule has 2 N–H and O–H groups in total. The summed E-state index contributed by atoms with van der Waals surface area (Å²) in [5.74, 6) is 1.30. The average molecular weight is 441 g/mol. The molecular weight excluding hydrogens is 412 g/mol. The number of thioether (sulfide) groups is 1. The molecule has 2 fully saturated rings. The van der Waals surface area contributed by atoms with E-state index in [1.54, 1.807) is 13.4 Å².